The Morgan fingerprint density at radius 2 is 2.05 bits per heavy atom. The fourth-order valence-electron chi connectivity index (χ4n) is 2.60. The predicted molar refractivity (Wildman–Crippen MR) is 78.4 cm³/mol. The van der Waals surface area contributed by atoms with Crippen LogP contribution in [0.25, 0.3) is 0 Å². The van der Waals surface area contributed by atoms with Crippen molar-refractivity contribution in [2.75, 3.05) is 32.0 Å². The number of fused-ring (bicyclic) bond motifs is 1. The summed E-state index contributed by atoms with van der Waals surface area (Å²) in [4.78, 5) is 0. The Hall–Kier alpha value is 0.610. The van der Waals surface area contributed by atoms with Crippen LogP contribution in [0.5, 0.6) is 0 Å². The third-order valence-corrected chi connectivity index (χ3v) is 6.26. The Labute approximate surface area is 129 Å². The van der Waals surface area contributed by atoms with E-state index < -0.39 is 7.67 Å². The molecule has 0 aliphatic carbocycles. The van der Waals surface area contributed by atoms with Crippen molar-refractivity contribution in [3.63, 3.8) is 0 Å². The summed E-state index contributed by atoms with van der Waals surface area (Å²) >= 11 is 11.5. The summed E-state index contributed by atoms with van der Waals surface area (Å²) in [6.07, 6.45) is -0.134. The topological polar surface area (TPSA) is 60.0 Å². The summed E-state index contributed by atoms with van der Waals surface area (Å²) in [6.45, 7) is 2.81. The average molecular weight is 347 g/mol. The van der Waals surface area contributed by atoms with Gasteiger partial charge in [0, 0.05) is 38.4 Å². The Bertz CT molecular complexity index is 370. The van der Waals surface area contributed by atoms with E-state index in [4.69, 9.17) is 37.2 Å². The molecule has 2 rings (SSSR count). The van der Waals surface area contributed by atoms with Crippen molar-refractivity contribution in [1.29, 1.82) is 0 Å². The van der Waals surface area contributed by atoms with Crippen LogP contribution >= 0.6 is 30.9 Å². The lowest BCUT2D eigenvalue weighted by atomic mass is 10.0. The van der Waals surface area contributed by atoms with Crippen LogP contribution in [0.1, 0.15) is 13.3 Å². The number of rotatable bonds is 6. The van der Waals surface area contributed by atoms with Gasteiger partial charge in [-0.2, -0.15) is 0 Å². The van der Waals surface area contributed by atoms with E-state index in [0.29, 0.717) is 31.3 Å². The molecule has 1 N–H and O–H groups in total. The van der Waals surface area contributed by atoms with Gasteiger partial charge in [0.25, 0.3) is 0 Å². The second kappa shape index (κ2) is 7.25. The van der Waals surface area contributed by atoms with Crippen molar-refractivity contribution in [3.8, 4) is 0 Å². The average Bonchev–Trinajstić information content (AvgIpc) is 2.77. The van der Waals surface area contributed by atoms with Crippen LogP contribution in [0, 0.1) is 0 Å². The summed E-state index contributed by atoms with van der Waals surface area (Å²) in [6, 6.07) is -0.0531. The molecule has 0 aromatic heterocycles. The maximum atomic E-state index is 13.0. The van der Waals surface area contributed by atoms with E-state index in [1.165, 1.54) is 0 Å². The second-order valence-corrected chi connectivity index (χ2v) is 7.73. The summed E-state index contributed by atoms with van der Waals surface area (Å²) in [5.41, 5.74) is 0. The molecule has 6 nitrogen and oxygen atoms in total. The fourth-order valence-corrected chi connectivity index (χ4v) is 5.65. The third-order valence-electron chi connectivity index (χ3n) is 3.59. The summed E-state index contributed by atoms with van der Waals surface area (Å²) in [5, 5.41) is 3.12. The number of hydrogen-bond acceptors (Lipinski definition) is 4. The van der Waals surface area contributed by atoms with Crippen molar-refractivity contribution in [2.45, 2.75) is 37.9 Å². The summed E-state index contributed by atoms with van der Waals surface area (Å²) < 4.78 is 31.4. The van der Waals surface area contributed by atoms with Gasteiger partial charge < -0.3 is 9.47 Å². The van der Waals surface area contributed by atoms with Crippen molar-refractivity contribution in [2.24, 2.45) is 0 Å². The van der Waals surface area contributed by atoms with Crippen molar-refractivity contribution in [1.82, 2.24) is 9.76 Å². The van der Waals surface area contributed by atoms with E-state index in [9.17, 15) is 4.57 Å². The van der Waals surface area contributed by atoms with E-state index in [0.717, 1.165) is 0 Å². The SMILES string of the molecule is CO[C@@H]1C[C@@H]2NP(=O)(N(CCCl)CCCl)O[C@@H]2[C@@H](C)O1. The van der Waals surface area contributed by atoms with E-state index in [1.807, 2.05) is 6.92 Å². The van der Waals surface area contributed by atoms with Crippen LogP contribution in [0.15, 0.2) is 0 Å². The maximum Gasteiger partial charge on any atom is 0.344 e. The van der Waals surface area contributed by atoms with Gasteiger partial charge in [-0.1, -0.05) is 0 Å². The fraction of sp³-hybridized carbons (Fsp3) is 1.00. The molecule has 0 radical (unpaired) electrons. The quantitative estimate of drug-likeness (QED) is 0.586. The molecule has 2 aliphatic heterocycles. The Morgan fingerprint density at radius 1 is 1.40 bits per heavy atom. The molecule has 2 saturated heterocycles. The van der Waals surface area contributed by atoms with Gasteiger partial charge in [0.15, 0.2) is 6.29 Å². The first-order chi connectivity index (χ1) is 9.54. The van der Waals surface area contributed by atoms with Gasteiger partial charge in [-0.3, -0.25) is 9.09 Å². The van der Waals surface area contributed by atoms with Crippen LogP contribution in [0.3, 0.4) is 0 Å². The van der Waals surface area contributed by atoms with Crippen LogP contribution in [0.4, 0.5) is 0 Å². The molecule has 0 aromatic rings. The highest BCUT2D eigenvalue weighted by Crippen LogP contribution is 2.55. The minimum absolute atomic E-state index is 0.0531. The number of ether oxygens (including phenoxy) is 2. The number of hydrogen-bond donors (Lipinski definition) is 1. The van der Waals surface area contributed by atoms with Crippen molar-refractivity contribution in [3.05, 3.63) is 0 Å². The normalized spacial score (nSPS) is 41.0. The molecule has 1 unspecified atom stereocenters. The maximum absolute atomic E-state index is 13.0. The number of nitrogens with one attached hydrogen (secondary N) is 1. The zero-order valence-electron chi connectivity index (χ0n) is 11.6. The Morgan fingerprint density at radius 3 is 2.60 bits per heavy atom. The first-order valence-corrected chi connectivity index (χ1v) is 9.30. The van der Waals surface area contributed by atoms with Crippen LogP contribution in [-0.4, -0.2) is 61.2 Å². The van der Waals surface area contributed by atoms with Gasteiger partial charge in [-0.05, 0) is 6.92 Å². The lowest BCUT2D eigenvalue weighted by Gasteiger charge is -2.34. The molecule has 0 aromatic carbocycles. The lowest BCUT2D eigenvalue weighted by Crippen LogP contribution is -2.48. The number of nitrogens with zero attached hydrogens (tertiary/aromatic N) is 1. The minimum Gasteiger partial charge on any atom is -0.356 e. The Kier molecular flexibility index (Phi) is 6.15. The van der Waals surface area contributed by atoms with Gasteiger partial charge >= 0.3 is 7.67 Å². The first kappa shape index (κ1) is 17.0. The summed E-state index contributed by atoms with van der Waals surface area (Å²) in [7, 11) is -1.52. The molecule has 0 amide bonds. The van der Waals surface area contributed by atoms with Crippen LogP contribution in [-0.2, 0) is 18.6 Å². The monoisotopic (exact) mass is 346 g/mol. The molecule has 20 heavy (non-hydrogen) atoms. The zero-order chi connectivity index (χ0) is 14.8. The molecule has 0 bridgehead atoms. The van der Waals surface area contributed by atoms with Gasteiger partial charge in [-0.25, -0.2) is 9.76 Å². The highest BCUT2D eigenvalue weighted by molar-refractivity contribution is 7.54. The minimum atomic E-state index is -3.11. The van der Waals surface area contributed by atoms with Crippen molar-refractivity contribution >= 4 is 30.9 Å². The summed E-state index contributed by atoms with van der Waals surface area (Å²) in [5.74, 6) is 0.738. The van der Waals surface area contributed by atoms with Gasteiger partial charge in [0.1, 0.15) is 6.10 Å². The lowest BCUT2D eigenvalue weighted by molar-refractivity contribution is -0.203. The van der Waals surface area contributed by atoms with Gasteiger partial charge in [0.05, 0.1) is 12.1 Å². The molecule has 0 saturated carbocycles. The third kappa shape index (κ3) is 3.50. The Balaban J connectivity index is 2.10. The molecule has 2 fully saturated rings. The molecule has 118 valence electrons. The molecule has 2 aliphatic rings. The molecule has 2 heterocycles. The van der Waals surface area contributed by atoms with Gasteiger partial charge in [0.2, 0.25) is 0 Å². The second-order valence-electron chi connectivity index (χ2n) is 4.90. The molecule has 9 heteroatoms. The number of alkyl halides is 2. The highest BCUT2D eigenvalue weighted by atomic mass is 35.5. The van der Waals surface area contributed by atoms with Crippen LogP contribution < -0.4 is 5.09 Å². The smallest absolute Gasteiger partial charge is 0.344 e. The number of methoxy groups -OCH3 is 1. The van der Waals surface area contributed by atoms with Crippen LogP contribution in [0.2, 0.25) is 0 Å². The zero-order valence-corrected chi connectivity index (χ0v) is 14.0. The van der Waals surface area contributed by atoms with Crippen molar-refractivity contribution < 1.29 is 18.6 Å². The van der Waals surface area contributed by atoms with E-state index in [1.54, 1.807) is 11.8 Å². The standard InChI is InChI=1S/C11H21Cl2N2O4P/c1-8-11-9(7-10(17-2)18-8)14-20(16,19-11)15(5-3-12)6-4-13/h8-11H,3-7H2,1-2H3,(H,14,16)/t8-,9+,10+,11-,20?/m1/s1. The molecular formula is C11H21Cl2N2O4P. The molecule has 0 spiro atoms. The molecular weight excluding hydrogens is 326 g/mol. The van der Waals surface area contributed by atoms with Gasteiger partial charge in [-0.15, -0.1) is 23.2 Å². The largest absolute Gasteiger partial charge is 0.356 e. The number of halogens is 2. The van der Waals surface area contributed by atoms with E-state index in [2.05, 4.69) is 5.09 Å². The molecule has 5 atom stereocenters. The van der Waals surface area contributed by atoms with E-state index in [-0.39, 0.29) is 24.5 Å². The first-order valence-electron chi connectivity index (χ1n) is 6.66. The van der Waals surface area contributed by atoms with E-state index >= 15 is 0 Å². The predicted octanol–water partition coefficient (Wildman–Crippen LogP) is 2.01. The highest BCUT2D eigenvalue weighted by Gasteiger charge is 2.51.